The summed E-state index contributed by atoms with van der Waals surface area (Å²) < 4.78 is 0. The van der Waals surface area contributed by atoms with Crippen molar-refractivity contribution >= 4 is 0 Å². The van der Waals surface area contributed by atoms with Gasteiger partial charge in [0.1, 0.15) is 0 Å². The molecule has 0 saturated carbocycles. The van der Waals surface area contributed by atoms with Gasteiger partial charge in [-0.3, -0.25) is 0 Å². The quantitative estimate of drug-likeness (QED) is 0.434. The molecule has 0 radical (unpaired) electrons. The Morgan fingerprint density at radius 3 is 2.47 bits per heavy atom. The van der Waals surface area contributed by atoms with E-state index in [1.54, 1.807) is 0 Å². The molecule has 1 unspecified atom stereocenters. The van der Waals surface area contributed by atoms with Gasteiger partial charge in [-0.15, -0.1) is 6.58 Å². The van der Waals surface area contributed by atoms with Crippen molar-refractivity contribution in [2.24, 2.45) is 0 Å². The van der Waals surface area contributed by atoms with Crippen molar-refractivity contribution < 1.29 is 0 Å². The van der Waals surface area contributed by atoms with E-state index in [4.69, 9.17) is 0 Å². The first kappa shape index (κ1) is 12.0. The molecule has 0 aliphatic carbocycles. The van der Waals surface area contributed by atoms with E-state index in [-0.39, 0.29) is 0 Å². The van der Waals surface area contributed by atoms with Crippen LogP contribution in [0, 0.1) is 0 Å². The molecule has 0 bridgehead atoms. The van der Waals surface area contributed by atoms with Crippen LogP contribution in [0.2, 0.25) is 0 Å². The molecule has 0 saturated heterocycles. The van der Waals surface area contributed by atoms with Crippen LogP contribution in [-0.4, -0.2) is 0 Å². The smallest absolute Gasteiger partial charge is 0.00152 e. The van der Waals surface area contributed by atoms with Crippen LogP contribution in [0.4, 0.5) is 0 Å². The van der Waals surface area contributed by atoms with E-state index in [9.17, 15) is 0 Å². The fourth-order valence-electron chi connectivity index (χ4n) is 1.91. The van der Waals surface area contributed by atoms with Crippen LogP contribution in [0.3, 0.4) is 0 Å². The van der Waals surface area contributed by atoms with Gasteiger partial charge in [0.05, 0.1) is 0 Å². The average molecular weight is 202 g/mol. The number of benzene rings is 1. The molecule has 15 heavy (non-hydrogen) atoms. The SMILES string of the molecule is C=CC(CCCCCC)c1ccccc1. The van der Waals surface area contributed by atoms with Gasteiger partial charge in [-0.25, -0.2) is 0 Å². The molecule has 0 N–H and O–H groups in total. The molecule has 0 aromatic heterocycles. The standard InChI is InChI=1S/C15H22/c1-3-5-6-8-11-14(4-2)15-12-9-7-10-13-15/h4,7,9-10,12-14H,2-3,5-6,8,11H2,1H3. The maximum absolute atomic E-state index is 3.94. The summed E-state index contributed by atoms with van der Waals surface area (Å²) in [5.41, 5.74) is 1.41. The first-order valence-corrected chi connectivity index (χ1v) is 6.06. The van der Waals surface area contributed by atoms with Gasteiger partial charge in [0, 0.05) is 5.92 Å². The van der Waals surface area contributed by atoms with Crippen LogP contribution in [0.25, 0.3) is 0 Å². The van der Waals surface area contributed by atoms with Crippen molar-refractivity contribution in [3.63, 3.8) is 0 Å². The predicted molar refractivity (Wildman–Crippen MR) is 68.1 cm³/mol. The summed E-state index contributed by atoms with van der Waals surface area (Å²) in [6.07, 6.45) is 8.67. The molecule has 1 atom stereocenters. The van der Waals surface area contributed by atoms with Crippen molar-refractivity contribution in [3.05, 3.63) is 48.6 Å². The van der Waals surface area contributed by atoms with Gasteiger partial charge < -0.3 is 0 Å². The van der Waals surface area contributed by atoms with Gasteiger partial charge in [-0.1, -0.05) is 69.0 Å². The fourth-order valence-corrected chi connectivity index (χ4v) is 1.91. The first-order chi connectivity index (χ1) is 7.38. The van der Waals surface area contributed by atoms with Crippen LogP contribution < -0.4 is 0 Å². The Labute approximate surface area is 94.0 Å². The Bertz CT molecular complexity index is 261. The third kappa shape index (κ3) is 4.33. The summed E-state index contributed by atoms with van der Waals surface area (Å²) in [4.78, 5) is 0. The molecule has 0 aliphatic heterocycles. The zero-order valence-corrected chi connectivity index (χ0v) is 9.78. The summed E-state index contributed by atoms with van der Waals surface area (Å²) >= 11 is 0. The molecule has 0 heteroatoms. The Hall–Kier alpha value is -1.04. The number of allylic oxidation sites excluding steroid dienone is 1. The lowest BCUT2D eigenvalue weighted by atomic mass is 9.93. The maximum Gasteiger partial charge on any atom is 0.00152 e. The highest BCUT2D eigenvalue weighted by Gasteiger charge is 2.05. The zero-order chi connectivity index (χ0) is 10.9. The van der Waals surface area contributed by atoms with Crippen molar-refractivity contribution in [1.29, 1.82) is 0 Å². The highest BCUT2D eigenvalue weighted by molar-refractivity contribution is 5.22. The molecule has 0 aliphatic rings. The van der Waals surface area contributed by atoms with E-state index < -0.39 is 0 Å². The molecule has 0 heterocycles. The monoisotopic (exact) mass is 202 g/mol. The number of hydrogen-bond acceptors (Lipinski definition) is 0. The third-order valence-corrected chi connectivity index (χ3v) is 2.88. The molecule has 1 aromatic rings. The lowest BCUT2D eigenvalue weighted by Gasteiger charge is -2.12. The summed E-state index contributed by atoms with van der Waals surface area (Å²) in [5, 5.41) is 0. The number of hydrogen-bond donors (Lipinski definition) is 0. The van der Waals surface area contributed by atoms with Gasteiger partial charge >= 0.3 is 0 Å². The second-order valence-electron chi connectivity index (χ2n) is 4.10. The lowest BCUT2D eigenvalue weighted by Crippen LogP contribution is -1.94. The Morgan fingerprint density at radius 1 is 1.13 bits per heavy atom. The normalized spacial score (nSPS) is 12.3. The Morgan fingerprint density at radius 2 is 1.87 bits per heavy atom. The maximum atomic E-state index is 3.94. The van der Waals surface area contributed by atoms with E-state index in [1.807, 2.05) is 0 Å². The van der Waals surface area contributed by atoms with Crippen LogP contribution >= 0.6 is 0 Å². The van der Waals surface area contributed by atoms with Gasteiger partial charge in [-0.2, -0.15) is 0 Å². The highest BCUT2D eigenvalue weighted by atomic mass is 14.1. The summed E-state index contributed by atoms with van der Waals surface area (Å²) in [5.74, 6) is 0.544. The summed E-state index contributed by atoms with van der Waals surface area (Å²) in [6.45, 7) is 6.19. The summed E-state index contributed by atoms with van der Waals surface area (Å²) in [7, 11) is 0. The van der Waals surface area contributed by atoms with Crippen molar-refractivity contribution in [2.75, 3.05) is 0 Å². The van der Waals surface area contributed by atoms with E-state index in [1.165, 1.54) is 37.7 Å². The van der Waals surface area contributed by atoms with Crippen molar-refractivity contribution in [2.45, 2.75) is 44.9 Å². The molecule has 0 spiro atoms. The van der Waals surface area contributed by atoms with Gasteiger partial charge in [-0.05, 0) is 12.0 Å². The molecule has 82 valence electrons. The van der Waals surface area contributed by atoms with Crippen LogP contribution in [-0.2, 0) is 0 Å². The molecule has 0 nitrogen and oxygen atoms in total. The van der Waals surface area contributed by atoms with Gasteiger partial charge in [0.2, 0.25) is 0 Å². The molecule has 1 rings (SSSR count). The average Bonchev–Trinajstić information content (AvgIpc) is 2.30. The molecule has 1 aromatic carbocycles. The minimum Gasteiger partial charge on any atom is -0.102 e. The number of rotatable bonds is 7. The Balaban J connectivity index is 2.39. The van der Waals surface area contributed by atoms with Crippen LogP contribution in [0.5, 0.6) is 0 Å². The predicted octanol–water partition coefficient (Wildman–Crippen LogP) is 4.93. The minimum atomic E-state index is 0.544. The third-order valence-electron chi connectivity index (χ3n) is 2.88. The Kier molecular flexibility index (Phi) is 5.84. The van der Waals surface area contributed by atoms with Crippen molar-refractivity contribution in [1.82, 2.24) is 0 Å². The van der Waals surface area contributed by atoms with Gasteiger partial charge in [0.25, 0.3) is 0 Å². The van der Waals surface area contributed by atoms with E-state index in [2.05, 4.69) is 49.9 Å². The van der Waals surface area contributed by atoms with Crippen molar-refractivity contribution in [3.8, 4) is 0 Å². The lowest BCUT2D eigenvalue weighted by molar-refractivity contribution is 0.604. The minimum absolute atomic E-state index is 0.544. The number of unbranched alkanes of at least 4 members (excludes halogenated alkanes) is 3. The topological polar surface area (TPSA) is 0 Å². The van der Waals surface area contributed by atoms with E-state index in [0.29, 0.717) is 5.92 Å². The second kappa shape index (κ2) is 7.28. The molecular weight excluding hydrogens is 180 g/mol. The van der Waals surface area contributed by atoms with E-state index >= 15 is 0 Å². The highest BCUT2D eigenvalue weighted by Crippen LogP contribution is 2.23. The molecular formula is C15H22. The van der Waals surface area contributed by atoms with E-state index in [0.717, 1.165) is 0 Å². The first-order valence-electron chi connectivity index (χ1n) is 6.06. The van der Waals surface area contributed by atoms with Gasteiger partial charge in [0.15, 0.2) is 0 Å². The largest absolute Gasteiger partial charge is 0.102 e. The van der Waals surface area contributed by atoms with Crippen LogP contribution in [0.1, 0.15) is 50.5 Å². The fraction of sp³-hybridized carbons (Fsp3) is 0.467. The second-order valence-corrected chi connectivity index (χ2v) is 4.10. The summed E-state index contributed by atoms with van der Waals surface area (Å²) in [6, 6.07) is 10.7. The zero-order valence-electron chi connectivity index (χ0n) is 9.78. The van der Waals surface area contributed by atoms with Crippen LogP contribution in [0.15, 0.2) is 43.0 Å². The molecule has 0 amide bonds. The molecule has 0 fully saturated rings.